The van der Waals surface area contributed by atoms with Gasteiger partial charge in [0.15, 0.2) is 0 Å². The van der Waals surface area contributed by atoms with Crippen LogP contribution in [-0.4, -0.2) is 48.7 Å². The number of nitrogens with one attached hydrogen (secondary N) is 1. The predicted molar refractivity (Wildman–Crippen MR) is 118 cm³/mol. The molecule has 1 fully saturated rings. The Bertz CT molecular complexity index is 925. The quantitative estimate of drug-likeness (QED) is 0.728. The zero-order chi connectivity index (χ0) is 20.9. The summed E-state index contributed by atoms with van der Waals surface area (Å²) >= 11 is 0. The summed E-state index contributed by atoms with van der Waals surface area (Å²) in [4.78, 5) is 27.5. The van der Waals surface area contributed by atoms with Gasteiger partial charge >= 0.3 is 0 Å². The number of benzene rings is 1. The lowest BCUT2D eigenvalue weighted by Gasteiger charge is -2.43. The molecule has 1 aromatic heterocycles. The second kappa shape index (κ2) is 9.58. The maximum atomic E-state index is 13.0. The van der Waals surface area contributed by atoms with Gasteiger partial charge in [0, 0.05) is 38.4 Å². The first kappa shape index (κ1) is 20.8. The second-order valence-electron chi connectivity index (χ2n) is 8.53. The van der Waals surface area contributed by atoms with Crippen LogP contribution in [-0.2, 0) is 22.5 Å². The maximum absolute atomic E-state index is 13.0. The predicted octanol–water partition coefficient (Wildman–Crippen LogP) is 2.88. The molecule has 30 heavy (non-hydrogen) atoms. The van der Waals surface area contributed by atoms with Gasteiger partial charge in [0.1, 0.15) is 5.69 Å². The van der Waals surface area contributed by atoms with Gasteiger partial charge in [-0.05, 0) is 49.4 Å². The van der Waals surface area contributed by atoms with E-state index in [-0.39, 0.29) is 17.9 Å². The Balaban J connectivity index is 1.39. The molecule has 160 valence electrons. The number of aryl methyl sites for hydroxylation is 1. The second-order valence-corrected chi connectivity index (χ2v) is 8.53. The summed E-state index contributed by atoms with van der Waals surface area (Å²) in [5.74, 6) is 0.695. The zero-order valence-electron chi connectivity index (χ0n) is 17.7. The van der Waals surface area contributed by atoms with Crippen LogP contribution in [0.3, 0.4) is 0 Å². The zero-order valence-corrected chi connectivity index (χ0v) is 17.7. The highest BCUT2D eigenvalue weighted by Crippen LogP contribution is 2.35. The number of pyridine rings is 1. The normalized spacial score (nSPS) is 20.6. The fourth-order valence-electron chi connectivity index (χ4n) is 4.88. The number of anilines is 1. The fourth-order valence-corrected chi connectivity index (χ4v) is 4.88. The number of carbonyl (C=O) groups excluding carboxylic acids is 1. The van der Waals surface area contributed by atoms with Crippen LogP contribution in [0.4, 0.5) is 5.69 Å². The summed E-state index contributed by atoms with van der Waals surface area (Å²) in [6.07, 6.45) is 3.66. The van der Waals surface area contributed by atoms with Crippen molar-refractivity contribution in [1.29, 1.82) is 0 Å². The summed E-state index contributed by atoms with van der Waals surface area (Å²) in [5.41, 5.74) is 2.80. The third-order valence-corrected chi connectivity index (χ3v) is 6.27. The standard InChI is InChI=1S/C24H31N3O3/c1-30-13-11-23(28)25-21-9-10-22-20-14-19(16-27(22)24(21)29)15-26(17-20)12-5-8-18-6-3-2-4-7-18/h2-4,6-7,9-10,19-20H,5,8,11-17H2,1H3,(H,25,28). The minimum Gasteiger partial charge on any atom is -0.384 e. The molecule has 2 bridgehead atoms. The molecule has 2 unspecified atom stereocenters. The molecule has 2 aliphatic rings. The number of nitrogens with zero attached hydrogens (tertiary/aromatic N) is 2. The van der Waals surface area contributed by atoms with E-state index in [9.17, 15) is 9.59 Å². The number of aromatic nitrogens is 1. The van der Waals surface area contributed by atoms with Crippen molar-refractivity contribution in [3.05, 3.63) is 64.1 Å². The molecule has 1 aromatic carbocycles. The molecule has 3 heterocycles. The van der Waals surface area contributed by atoms with Crippen LogP contribution >= 0.6 is 0 Å². The number of rotatable bonds is 8. The van der Waals surface area contributed by atoms with Crippen LogP contribution in [0, 0.1) is 5.92 Å². The van der Waals surface area contributed by atoms with E-state index in [1.807, 2.05) is 10.6 Å². The van der Waals surface area contributed by atoms with Gasteiger partial charge in [0.05, 0.1) is 13.0 Å². The lowest BCUT2D eigenvalue weighted by molar-refractivity contribution is -0.117. The third-order valence-electron chi connectivity index (χ3n) is 6.27. The molecule has 0 spiro atoms. The number of amides is 1. The van der Waals surface area contributed by atoms with Crippen molar-refractivity contribution in [3.63, 3.8) is 0 Å². The number of hydrogen-bond donors (Lipinski definition) is 1. The monoisotopic (exact) mass is 409 g/mol. The van der Waals surface area contributed by atoms with Crippen LogP contribution in [0.1, 0.15) is 36.4 Å². The van der Waals surface area contributed by atoms with Gasteiger partial charge in [-0.25, -0.2) is 0 Å². The number of likely N-dealkylation sites (tertiary alicyclic amines) is 1. The van der Waals surface area contributed by atoms with E-state index in [0.717, 1.165) is 51.1 Å². The van der Waals surface area contributed by atoms with Crippen molar-refractivity contribution in [3.8, 4) is 0 Å². The first-order valence-corrected chi connectivity index (χ1v) is 10.9. The number of methoxy groups -OCH3 is 1. The molecule has 6 heteroatoms. The van der Waals surface area contributed by atoms with Crippen molar-refractivity contribution in [1.82, 2.24) is 9.47 Å². The molecule has 0 aliphatic carbocycles. The van der Waals surface area contributed by atoms with Gasteiger partial charge in [0.2, 0.25) is 5.91 Å². The van der Waals surface area contributed by atoms with Gasteiger partial charge in [-0.15, -0.1) is 0 Å². The first-order chi connectivity index (χ1) is 14.6. The summed E-state index contributed by atoms with van der Waals surface area (Å²) in [6, 6.07) is 14.5. The average Bonchev–Trinajstić information content (AvgIpc) is 2.75. The molecule has 1 saturated heterocycles. The minimum atomic E-state index is -0.185. The molecule has 6 nitrogen and oxygen atoms in total. The highest BCUT2D eigenvalue weighted by molar-refractivity contribution is 5.90. The van der Waals surface area contributed by atoms with Crippen molar-refractivity contribution in [2.45, 2.75) is 38.1 Å². The number of hydrogen-bond acceptors (Lipinski definition) is 4. The summed E-state index contributed by atoms with van der Waals surface area (Å²) in [6.45, 7) is 4.23. The largest absolute Gasteiger partial charge is 0.384 e. The molecule has 2 aliphatic heterocycles. The first-order valence-electron chi connectivity index (χ1n) is 10.9. The molecular formula is C24H31N3O3. The Morgan fingerprint density at radius 1 is 1.13 bits per heavy atom. The lowest BCUT2D eigenvalue weighted by atomic mass is 9.83. The third kappa shape index (κ3) is 4.82. The van der Waals surface area contributed by atoms with Crippen molar-refractivity contribution < 1.29 is 9.53 Å². The van der Waals surface area contributed by atoms with Crippen molar-refractivity contribution in [2.75, 3.05) is 38.7 Å². The molecule has 1 amide bonds. The number of piperidine rings is 1. The van der Waals surface area contributed by atoms with Gasteiger partial charge in [-0.2, -0.15) is 0 Å². The highest BCUT2D eigenvalue weighted by atomic mass is 16.5. The van der Waals surface area contributed by atoms with Crippen LogP contribution in [0.15, 0.2) is 47.3 Å². The number of carbonyl (C=O) groups is 1. The van der Waals surface area contributed by atoms with Crippen LogP contribution in [0.2, 0.25) is 0 Å². The van der Waals surface area contributed by atoms with E-state index in [1.165, 1.54) is 5.56 Å². The topological polar surface area (TPSA) is 63.6 Å². The molecule has 0 radical (unpaired) electrons. The molecule has 2 aromatic rings. The van der Waals surface area contributed by atoms with Gasteiger partial charge in [-0.1, -0.05) is 30.3 Å². The molecule has 4 rings (SSSR count). The van der Waals surface area contributed by atoms with Gasteiger partial charge in [0.25, 0.3) is 5.56 Å². The highest BCUT2D eigenvalue weighted by Gasteiger charge is 2.34. The molecule has 0 saturated carbocycles. The Kier molecular flexibility index (Phi) is 6.65. The van der Waals surface area contributed by atoms with E-state index in [1.54, 1.807) is 13.2 Å². The number of fused-ring (bicyclic) bond motifs is 4. The fraction of sp³-hybridized carbons (Fsp3) is 0.500. The van der Waals surface area contributed by atoms with Crippen LogP contribution < -0.4 is 10.9 Å². The lowest BCUT2D eigenvalue weighted by Crippen LogP contribution is -2.47. The molecular weight excluding hydrogens is 378 g/mol. The Hall–Kier alpha value is -2.44. The Labute approximate surface area is 177 Å². The van der Waals surface area contributed by atoms with E-state index in [0.29, 0.717) is 24.1 Å². The molecule has 1 N–H and O–H groups in total. The van der Waals surface area contributed by atoms with Gasteiger partial charge < -0.3 is 19.5 Å². The minimum absolute atomic E-state index is 0.0782. The summed E-state index contributed by atoms with van der Waals surface area (Å²) in [5, 5.41) is 2.75. The maximum Gasteiger partial charge on any atom is 0.274 e. The number of ether oxygens (including phenoxy) is 1. The van der Waals surface area contributed by atoms with Crippen LogP contribution in [0.25, 0.3) is 0 Å². The van der Waals surface area contributed by atoms with E-state index >= 15 is 0 Å². The van der Waals surface area contributed by atoms with Gasteiger partial charge in [-0.3, -0.25) is 9.59 Å². The van der Waals surface area contributed by atoms with Crippen molar-refractivity contribution in [2.24, 2.45) is 5.92 Å². The Morgan fingerprint density at radius 2 is 1.97 bits per heavy atom. The smallest absolute Gasteiger partial charge is 0.274 e. The van der Waals surface area contributed by atoms with Crippen LogP contribution in [0.5, 0.6) is 0 Å². The summed E-state index contributed by atoms with van der Waals surface area (Å²) in [7, 11) is 1.56. The SMILES string of the molecule is COCCC(=O)Nc1ccc2n(c1=O)CC1CC2CN(CCCc2ccccc2)C1. The van der Waals surface area contributed by atoms with E-state index in [2.05, 4.69) is 40.5 Å². The Morgan fingerprint density at radius 3 is 2.77 bits per heavy atom. The van der Waals surface area contributed by atoms with E-state index < -0.39 is 0 Å². The van der Waals surface area contributed by atoms with E-state index in [4.69, 9.17) is 4.74 Å². The summed E-state index contributed by atoms with van der Waals surface area (Å²) < 4.78 is 6.83. The average molecular weight is 410 g/mol. The molecule has 2 atom stereocenters. The van der Waals surface area contributed by atoms with Crippen molar-refractivity contribution >= 4 is 11.6 Å².